The van der Waals surface area contributed by atoms with Crippen LogP contribution in [0.15, 0.2) is 12.2 Å². The van der Waals surface area contributed by atoms with Crippen molar-refractivity contribution >= 4 is 14.0 Å². The predicted molar refractivity (Wildman–Crippen MR) is 98.3 cm³/mol. The van der Waals surface area contributed by atoms with Gasteiger partial charge >= 0.3 is 5.97 Å². The Morgan fingerprint density at radius 1 is 1.09 bits per heavy atom. The Kier molecular flexibility index (Phi) is 4.32. The first-order valence-corrected chi connectivity index (χ1v) is 13.2. The van der Waals surface area contributed by atoms with Gasteiger partial charge in [-0.2, -0.15) is 0 Å². The molecular formula is C20H34O2Si. The number of fused-ring (bicyclic) bond motifs is 5. The number of carboxylic acid groups (broad SMARTS) is 1. The Morgan fingerprint density at radius 3 is 2.30 bits per heavy atom. The van der Waals surface area contributed by atoms with E-state index < -0.39 is 14.0 Å². The molecule has 130 valence electrons. The maximum atomic E-state index is 12.1. The molecule has 3 aliphatic carbocycles. The third-order valence-corrected chi connectivity index (χ3v) is 11.0. The van der Waals surface area contributed by atoms with Crippen LogP contribution in [0.25, 0.3) is 0 Å². The van der Waals surface area contributed by atoms with Gasteiger partial charge in [-0.3, -0.25) is 4.79 Å². The molecular weight excluding hydrogens is 300 g/mol. The molecule has 1 N–H and O–H groups in total. The summed E-state index contributed by atoms with van der Waals surface area (Å²) < 4.78 is 0. The molecule has 3 heteroatoms. The van der Waals surface area contributed by atoms with Crippen molar-refractivity contribution in [1.29, 1.82) is 0 Å². The molecule has 5 atom stereocenters. The van der Waals surface area contributed by atoms with Gasteiger partial charge in [-0.15, -0.1) is 0 Å². The Hall–Kier alpha value is -0.573. The smallest absolute Gasteiger partial charge is 0.307 e. The molecule has 0 unspecified atom stereocenters. The molecule has 0 aromatic rings. The van der Waals surface area contributed by atoms with Gasteiger partial charge in [-0.1, -0.05) is 77.2 Å². The first kappa shape index (κ1) is 17.3. The van der Waals surface area contributed by atoms with Crippen molar-refractivity contribution in [1.82, 2.24) is 0 Å². The molecule has 0 radical (unpaired) electrons. The van der Waals surface area contributed by atoms with E-state index in [4.69, 9.17) is 0 Å². The fourth-order valence-corrected chi connectivity index (χ4v) is 11.3. The summed E-state index contributed by atoms with van der Waals surface area (Å²) in [6, 6.07) is 0. The summed E-state index contributed by atoms with van der Waals surface area (Å²) in [7, 11) is -1.54. The van der Waals surface area contributed by atoms with E-state index in [0.29, 0.717) is 11.8 Å². The summed E-state index contributed by atoms with van der Waals surface area (Å²) in [6.45, 7) is 9.51. The molecule has 3 aliphatic rings. The Balaban J connectivity index is 1.75. The van der Waals surface area contributed by atoms with Crippen LogP contribution in [-0.4, -0.2) is 19.1 Å². The molecule has 0 aliphatic heterocycles. The van der Waals surface area contributed by atoms with Gasteiger partial charge in [-0.25, -0.2) is 0 Å². The van der Waals surface area contributed by atoms with Crippen LogP contribution in [0.5, 0.6) is 0 Å². The van der Waals surface area contributed by atoms with Crippen LogP contribution < -0.4 is 0 Å². The van der Waals surface area contributed by atoms with Gasteiger partial charge in [-0.05, 0) is 35.1 Å². The van der Waals surface area contributed by atoms with Crippen molar-refractivity contribution in [3.63, 3.8) is 0 Å². The minimum atomic E-state index is -1.54. The van der Waals surface area contributed by atoms with E-state index in [1.807, 2.05) is 0 Å². The number of aliphatic carboxylic acids is 1. The van der Waals surface area contributed by atoms with Crippen LogP contribution in [0.3, 0.4) is 0 Å². The summed E-state index contributed by atoms with van der Waals surface area (Å²) in [5, 5.41) is 10.1. The molecule has 0 spiro atoms. The minimum absolute atomic E-state index is 0.0592. The van der Waals surface area contributed by atoms with Gasteiger partial charge < -0.3 is 5.11 Å². The van der Waals surface area contributed by atoms with E-state index in [2.05, 4.69) is 38.7 Å². The summed E-state index contributed by atoms with van der Waals surface area (Å²) in [4.78, 5) is 12.1. The Bertz CT molecular complexity index is 506. The van der Waals surface area contributed by atoms with E-state index in [0.717, 1.165) is 6.42 Å². The molecule has 0 saturated heterocycles. The summed E-state index contributed by atoms with van der Waals surface area (Å²) >= 11 is 0. The van der Waals surface area contributed by atoms with E-state index in [1.165, 1.54) is 44.9 Å². The topological polar surface area (TPSA) is 37.3 Å². The third kappa shape index (κ3) is 2.14. The first-order chi connectivity index (χ1) is 10.8. The molecule has 0 heterocycles. The Morgan fingerprint density at radius 2 is 1.70 bits per heavy atom. The quantitative estimate of drug-likeness (QED) is 0.332. The van der Waals surface area contributed by atoms with E-state index in [9.17, 15) is 9.90 Å². The number of allylic oxidation sites excluding steroid dienone is 2. The van der Waals surface area contributed by atoms with Gasteiger partial charge in [0.05, 0.1) is 14.0 Å². The van der Waals surface area contributed by atoms with Crippen LogP contribution in [0.2, 0.25) is 24.7 Å². The van der Waals surface area contributed by atoms with Crippen LogP contribution >= 0.6 is 0 Å². The summed E-state index contributed by atoms with van der Waals surface area (Å²) in [5.41, 5.74) is 0.119. The van der Waals surface area contributed by atoms with Crippen LogP contribution in [0, 0.1) is 23.2 Å². The highest BCUT2D eigenvalue weighted by molar-refractivity contribution is 6.81. The molecule has 3 rings (SSSR count). The fourth-order valence-electron chi connectivity index (χ4n) is 6.92. The van der Waals surface area contributed by atoms with E-state index >= 15 is 0 Å². The second kappa shape index (κ2) is 5.75. The summed E-state index contributed by atoms with van der Waals surface area (Å²) in [6.07, 6.45) is 15.0. The lowest BCUT2D eigenvalue weighted by Gasteiger charge is -2.36. The fraction of sp³-hybridized carbons (Fsp3) is 0.850. The normalized spacial score (nSPS) is 40.4. The molecule has 0 aromatic carbocycles. The number of hydrogen-bond acceptors (Lipinski definition) is 1. The van der Waals surface area contributed by atoms with Gasteiger partial charge in [0, 0.05) is 0 Å². The second-order valence-corrected chi connectivity index (χ2v) is 14.6. The average Bonchev–Trinajstić information content (AvgIpc) is 2.73. The highest BCUT2D eigenvalue weighted by atomic mass is 28.3. The van der Waals surface area contributed by atoms with Crippen molar-refractivity contribution in [3.8, 4) is 0 Å². The first-order valence-electron chi connectivity index (χ1n) is 9.75. The molecule has 2 bridgehead atoms. The monoisotopic (exact) mass is 334 g/mol. The standard InChI is InChI=1S/C20H34O2Si/c1-5-6-7-8-9-10-13-19-15-11-12-16(14-15)20(19,23(2,3)4)17(19)18(21)22/h11-12,15-17H,5-10,13-14H2,1-4H3,(H,21,22)/t15-,16+,17+,19+,20+/m1/s1. The van der Waals surface area contributed by atoms with Crippen molar-refractivity contribution in [3.05, 3.63) is 12.2 Å². The average molecular weight is 335 g/mol. The number of hydrogen-bond donors (Lipinski definition) is 1. The predicted octanol–water partition coefficient (Wildman–Crippen LogP) is 5.72. The lowest BCUT2D eigenvalue weighted by atomic mass is 9.83. The maximum Gasteiger partial charge on any atom is 0.307 e. The van der Waals surface area contributed by atoms with Crippen molar-refractivity contribution in [2.24, 2.45) is 23.2 Å². The molecule has 0 amide bonds. The summed E-state index contributed by atoms with van der Waals surface area (Å²) in [5.74, 6) is 0.546. The molecule has 2 saturated carbocycles. The molecule has 23 heavy (non-hydrogen) atoms. The minimum Gasteiger partial charge on any atom is -0.481 e. The zero-order valence-electron chi connectivity index (χ0n) is 15.4. The van der Waals surface area contributed by atoms with Crippen LogP contribution in [-0.2, 0) is 4.79 Å². The third-order valence-electron chi connectivity index (χ3n) is 7.42. The highest BCUT2D eigenvalue weighted by Gasteiger charge is 2.89. The number of unbranched alkanes of at least 4 members (excludes halogenated alkanes) is 5. The zero-order chi connectivity index (χ0) is 16.9. The van der Waals surface area contributed by atoms with Gasteiger partial charge in [0.15, 0.2) is 0 Å². The van der Waals surface area contributed by atoms with Crippen molar-refractivity contribution < 1.29 is 9.90 Å². The van der Waals surface area contributed by atoms with Crippen LogP contribution in [0.4, 0.5) is 0 Å². The second-order valence-electron chi connectivity index (χ2n) is 9.28. The molecule has 2 nitrogen and oxygen atoms in total. The van der Waals surface area contributed by atoms with Gasteiger partial charge in [0.1, 0.15) is 0 Å². The van der Waals surface area contributed by atoms with Gasteiger partial charge in [0.25, 0.3) is 0 Å². The van der Waals surface area contributed by atoms with E-state index in [1.54, 1.807) is 0 Å². The lowest BCUT2D eigenvalue weighted by Crippen LogP contribution is -2.37. The lowest BCUT2D eigenvalue weighted by molar-refractivity contribution is -0.140. The van der Waals surface area contributed by atoms with Gasteiger partial charge in [0.2, 0.25) is 0 Å². The zero-order valence-corrected chi connectivity index (χ0v) is 16.4. The van der Waals surface area contributed by atoms with Crippen molar-refractivity contribution in [2.45, 2.75) is 83.0 Å². The molecule has 0 aromatic heterocycles. The largest absolute Gasteiger partial charge is 0.481 e. The number of rotatable bonds is 9. The highest BCUT2D eigenvalue weighted by Crippen LogP contribution is 2.93. The number of carbonyl (C=O) groups is 1. The molecule has 2 fully saturated rings. The SMILES string of the molecule is CCCCCCCC[C@@]12[C@@H]3C=C[C@@H](C3)[C@]1([Si](C)(C)C)[C@H]2C(=O)O. The van der Waals surface area contributed by atoms with Crippen LogP contribution in [0.1, 0.15) is 58.3 Å². The van der Waals surface area contributed by atoms with Crippen molar-refractivity contribution in [2.75, 3.05) is 0 Å². The number of carboxylic acids is 1. The maximum absolute atomic E-state index is 12.1. The Labute approximate surface area is 142 Å². The van der Waals surface area contributed by atoms with E-state index in [-0.39, 0.29) is 16.4 Å².